The van der Waals surface area contributed by atoms with Crippen molar-refractivity contribution in [3.05, 3.63) is 12.4 Å². The summed E-state index contributed by atoms with van der Waals surface area (Å²) in [6.07, 6.45) is 2.42. The highest BCUT2D eigenvalue weighted by Crippen LogP contribution is 2.21. The maximum Gasteiger partial charge on any atom is 0.469 e. The van der Waals surface area contributed by atoms with E-state index >= 15 is 0 Å². The first kappa shape index (κ1) is 15.8. The maximum atomic E-state index is 13.0. The van der Waals surface area contributed by atoms with Crippen LogP contribution in [0.2, 0.25) is 0 Å². The normalized spacial score (nSPS) is 12.6. The van der Waals surface area contributed by atoms with E-state index < -0.39 is 37.1 Å². The van der Waals surface area contributed by atoms with Gasteiger partial charge in [-0.3, -0.25) is 0 Å². The second kappa shape index (κ2) is 5.38. The minimum atomic E-state index is -5.87. The highest BCUT2D eigenvalue weighted by molar-refractivity contribution is 8.05. The molecule has 19 heavy (non-hydrogen) atoms. The lowest BCUT2D eigenvalue weighted by Crippen LogP contribution is -2.45. The van der Waals surface area contributed by atoms with Gasteiger partial charge in [-0.2, -0.15) is 16.8 Å². The molecular formula is C7H12F2N3O5S2+. The van der Waals surface area contributed by atoms with Gasteiger partial charge in [-0.15, -0.1) is 0 Å². The SMILES string of the molecule is CCn1cc[n+](CCO)c1N(S(=O)(=O)F)S(=O)(=O)F. The Hall–Kier alpha value is -1.27. The molecule has 0 amide bonds. The quantitative estimate of drug-likeness (QED) is 0.536. The highest BCUT2D eigenvalue weighted by atomic mass is 32.3. The molecule has 0 saturated heterocycles. The van der Waals surface area contributed by atoms with Gasteiger partial charge in [0.25, 0.3) is 0 Å². The Bertz CT molecular complexity index is 622. The summed E-state index contributed by atoms with van der Waals surface area (Å²) >= 11 is 0. The number of hydrogen-bond donors (Lipinski definition) is 1. The first-order valence-electron chi connectivity index (χ1n) is 5.02. The Morgan fingerprint density at radius 3 is 2.21 bits per heavy atom. The molecule has 0 radical (unpaired) electrons. The third-order valence-electron chi connectivity index (χ3n) is 2.18. The highest BCUT2D eigenvalue weighted by Gasteiger charge is 2.46. The zero-order chi connectivity index (χ0) is 14.8. The van der Waals surface area contributed by atoms with Crippen LogP contribution >= 0.6 is 0 Å². The van der Waals surface area contributed by atoms with Gasteiger partial charge < -0.3 is 5.11 Å². The average molecular weight is 320 g/mol. The molecule has 1 aromatic heterocycles. The number of imidazole rings is 1. The van der Waals surface area contributed by atoms with Gasteiger partial charge in [0.2, 0.25) is 0 Å². The van der Waals surface area contributed by atoms with Crippen molar-refractivity contribution < 1.29 is 34.3 Å². The topological polar surface area (TPSA) is 101 Å². The Labute approximate surface area is 109 Å². The number of hydrogen-bond acceptors (Lipinski definition) is 5. The predicted octanol–water partition coefficient (Wildman–Crippen LogP) is -0.977. The lowest BCUT2D eigenvalue weighted by Gasteiger charge is -2.10. The van der Waals surface area contributed by atoms with E-state index in [9.17, 15) is 24.6 Å². The molecule has 1 aromatic rings. The summed E-state index contributed by atoms with van der Waals surface area (Å²) in [5.41, 5.74) is 0. The lowest BCUT2D eigenvalue weighted by atomic mass is 10.6. The van der Waals surface area contributed by atoms with Gasteiger partial charge in [0, 0.05) is 3.71 Å². The van der Waals surface area contributed by atoms with Crippen molar-refractivity contribution in [2.45, 2.75) is 20.0 Å². The van der Waals surface area contributed by atoms with Crippen LogP contribution in [0.4, 0.5) is 13.7 Å². The number of aliphatic hydroxyl groups excluding tert-OH is 1. The van der Waals surface area contributed by atoms with E-state index in [1.807, 2.05) is 0 Å². The van der Waals surface area contributed by atoms with Crippen molar-refractivity contribution in [1.82, 2.24) is 4.57 Å². The minimum Gasteiger partial charge on any atom is -0.393 e. The Morgan fingerprint density at radius 2 is 1.84 bits per heavy atom. The molecule has 0 aliphatic rings. The van der Waals surface area contributed by atoms with Crippen LogP contribution in [0, 0.1) is 0 Å². The summed E-state index contributed by atoms with van der Waals surface area (Å²) in [6.45, 7) is 0.873. The Morgan fingerprint density at radius 1 is 1.32 bits per heavy atom. The molecule has 0 spiro atoms. The summed E-state index contributed by atoms with van der Waals surface area (Å²) in [4.78, 5) is 0. The van der Waals surface area contributed by atoms with E-state index in [0.717, 1.165) is 9.13 Å². The standard InChI is InChI=1S/C7H12F2N3O5S2/c1-2-10-3-4-11(5-6-13)7(10)12(18(8,14)15)19(9,16)17/h3-4,13H,2,5-6H2,1H3/q+1. The molecule has 0 aliphatic heterocycles. The van der Waals surface area contributed by atoms with E-state index in [-0.39, 0.29) is 13.1 Å². The largest absolute Gasteiger partial charge is 0.469 e. The summed E-state index contributed by atoms with van der Waals surface area (Å²) in [5.74, 6) is -0.762. The molecule has 0 aliphatic carbocycles. The summed E-state index contributed by atoms with van der Waals surface area (Å²) in [7, 11) is -11.7. The van der Waals surface area contributed by atoms with Crippen molar-refractivity contribution >= 4 is 26.8 Å². The van der Waals surface area contributed by atoms with Crippen molar-refractivity contribution in [3.63, 3.8) is 0 Å². The fraction of sp³-hybridized carbons (Fsp3) is 0.571. The van der Waals surface area contributed by atoms with Crippen LogP contribution in [-0.2, 0) is 33.9 Å². The summed E-state index contributed by atoms with van der Waals surface area (Å²) in [6, 6.07) is 0. The fourth-order valence-corrected chi connectivity index (χ4v) is 3.16. The fourth-order valence-electron chi connectivity index (χ4n) is 1.50. The molecule has 0 atom stereocenters. The Kier molecular flexibility index (Phi) is 4.47. The Balaban J connectivity index is 3.59. The zero-order valence-corrected chi connectivity index (χ0v) is 11.4. The average Bonchev–Trinajstić information content (AvgIpc) is 2.58. The second-order valence-electron chi connectivity index (χ2n) is 3.38. The summed E-state index contributed by atoms with van der Waals surface area (Å²) < 4.78 is 70.4. The third kappa shape index (κ3) is 3.39. The molecule has 12 heteroatoms. The van der Waals surface area contributed by atoms with Crippen LogP contribution in [0.5, 0.6) is 0 Å². The van der Waals surface area contributed by atoms with Gasteiger partial charge in [-0.25, -0.2) is 9.13 Å². The van der Waals surface area contributed by atoms with Crippen LogP contribution in [0.25, 0.3) is 0 Å². The molecule has 110 valence electrons. The molecule has 0 saturated carbocycles. The number of aromatic nitrogens is 2. The van der Waals surface area contributed by atoms with E-state index in [2.05, 4.69) is 0 Å². The number of aryl methyl sites for hydroxylation is 1. The van der Waals surface area contributed by atoms with Gasteiger partial charge in [0.1, 0.15) is 0 Å². The number of halogens is 2. The van der Waals surface area contributed by atoms with Gasteiger partial charge in [0.15, 0.2) is 0 Å². The van der Waals surface area contributed by atoms with Crippen LogP contribution in [0.15, 0.2) is 12.4 Å². The zero-order valence-electron chi connectivity index (χ0n) is 9.77. The van der Waals surface area contributed by atoms with E-state index in [4.69, 9.17) is 5.11 Å². The van der Waals surface area contributed by atoms with Crippen molar-refractivity contribution in [3.8, 4) is 0 Å². The second-order valence-corrected chi connectivity index (χ2v) is 5.99. The van der Waals surface area contributed by atoms with E-state index in [1.54, 1.807) is 0 Å². The van der Waals surface area contributed by atoms with Crippen molar-refractivity contribution in [1.29, 1.82) is 0 Å². The van der Waals surface area contributed by atoms with E-state index in [0.29, 0.717) is 0 Å². The van der Waals surface area contributed by atoms with Crippen LogP contribution < -0.4 is 8.28 Å². The number of rotatable bonds is 6. The molecule has 0 fully saturated rings. The molecule has 0 aromatic carbocycles. The third-order valence-corrected chi connectivity index (χ3v) is 4.37. The van der Waals surface area contributed by atoms with Gasteiger partial charge in [-0.1, -0.05) is 7.77 Å². The lowest BCUT2D eigenvalue weighted by molar-refractivity contribution is -0.684. The van der Waals surface area contributed by atoms with Gasteiger partial charge in [0.05, 0.1) is 32.1 Å². The molecular weight excluding hydrogens is 308 g/mol. The number of aliphatic hydroxyl groups is 1. The smallest absolute Gasteiger partial charge is 0.393 e. The first-order valence-corrected chi connectivity index (χ1v) is 7.70. The summed E-state index contributed by atoms with van der Waals surface area (Å²) in [5, 5.41) is 8.78. The number of anilines is 1. The maximum absolute atomic E-state index is 13.0. The van der Waals surface area contributed by atoms with Gasteiger partial charge in [-0.05, 0) is 6.92 Å². The minimum absolute atomic E-state index is 0.0648. The predicted molar refractivity (Wildman–Crippen MR) is 59.9 cm³/mol. The molecule has 0 bridgehead atoms. The van der Waals surface area contributed by atoms with Crippen LogP contribution in [-0.4, -0.2) is 33.1 Å². The first-order chi connectivity index (χ1) is 8.62. The number of nitrogens with zero attached hydrogens (tertiary/aromatic N) is 3. The van der Waals surface area contributed by atoms with Crippen molar-refractivity contribution in [2.24, 2.45) is 0 Å². The molecule has 1 heterocycles. The monoisotopic (exact) mass is 320 g/mol. The van der Waals surface area contributed by atoms with Gasteiger partial charge >= 0.3 is 26.8 Å². The molecule has 0 unspecified atom stereocenters. The van der Waals surface area contributed by atoms with Crippen LogP contribution in [0.1, 0.15) is 6.92 Å². The van der Waals surface area contributed by atoms with Crippen molar-refractivity contribution in [2.75, 3.05) is 10.3 Å². The molecule has 1 N–H and O–H groups in total. The molecule has 1 rings (SSSR count). The van der Waals surface area contributed by atoms with E-state index in [1.165, 1.54) is 19.3 Å². The molecule has 8 nitrogen and oxygen atoms in total. The van der Waals surface area contributed by atoms with Crippen LogP contribution in [0.3, 0.4) is 0 Å².